The van der Waals surface area contributed by atoms with E-state index in [-0.39, 0.29) is 0 Å². The van der Waals surface area contributed by atoms with Crippen LogP contribution in [0.5, 0.6) is 0 Å². The van der Waals surface area contributed by atoms with Crippen LogP contribution in [0.1, 0.15) is 18.5 Å². The molecule has 2 rings (SSSR count). The first kappa shape index (κ1) is 9.33. The third-order valence-electron chi connectivity index (χ3n) is 2.15. The molecule has 0 saturated heterocycles. The highest BCUT2D eigenvalue weighted by Crippen LogP contribution is 2.28. The Hall–Kier alpha value is -1.23. The van der Waals surface area contributed by atoms with Crippen LogP contribution in [0, 0.1) is 5.92 Å². The molecule has 0 amide bonds. The van der Waals surface area contributed by atoms with E-state index in [1.54, 1.807) is 12.3 Å². The van der Waals surface area contributed by atoms with Crippen molar-refractivity contribution in [3.8, 4) is 0 Å². The van der Waals surface area contributed by atoms with Crippen LogP contribution < -0.4 is 11.1 Å². The van der Waals surface area contributed by atoms with Crippen LogP contribution in [0.15, 0.2) is 12.3 Å². The second kappa shape index (κ2) is 3.88. The largest absolute Gasteiger partial charge is 0.388 e. The minimum Gasteiger partial charge on any atom is -0.388 e. The number of thiocarbonyl (C=S) groups is 1. The molecule has 0 aliphatic heterocycles. The maximum atomic E-state index is 5.46. The molecule has 0 spiro atoms. The van der Waals surface area contributed by atoms with Gasteiger partial charge in [-0.2, -0.15) is 0 Å². The van der Waals surface area contributed by atoms with Crippen molar-refractivity contribution in [2.45, 2.75) is 12.8 Å². The first-order valence-electron chi connectivity index (χ1n) is 4.62. The van der Waals surface area contributed by atoms with Gasteiger partial charge in [0.1, 0.15) is 10.7 Å². The fourth-order valence-corrected chi connectivity index (χ4v) is 1.25. The molecule has 1 aliphatic rings. The molecular formula is C9H12N4S. The average Bonchev–Trinajstić information content (AvgIpc) is 2.99. The minimum atomic E-state index is 0.307. The van der Waals surface area contributed by atoms with Crippen LogP contribution >= 0.6 is 12.2 Å². The average molecular weight is 208 g/mol. The number of nitrogens with two attached hydrogens (primary N) is 1. The highest BCUT2D eigenvalue weighted by molar-refractivity contribution is 7.80. The summed E-state index contributed by atoms with van der Waals surface area (Å²) < 4.78 is 0. The second-order valence-corrected chi connectivity index (χ2v) is 3.89. The first-order valence-corrected chi connectivity index (χ1v) is 5.03. The molecule has 1 fully saturated rings. The van der Waals surface area contributed by atoms with Crippen molar-refractivity contribution in [1.29, 1.82) is 0 Å². The summed E-state index contributed by atoms with van der Waals surface area (Å²) in [6.07, 6.45) is 4.28. The first-order chi connectivity index (χ1) is 6.75. The van der Waals surface area contributed by atoms with Gasteiger partial charge in [0.15, 0.2) is 0 Å². The van der Waals surface area contributed by atoms with E-state index in [9.17, 15) is 0 Å². The Kier molecular flexibility index (Phi) is 2.58. The van der Waals surface area contributed by atoms with Crippen LogP contribution in [-0.4, -0.2) is 21.5 Å². The lowest BCUT2D eigenvalue weighted by Crippen LogP contribution is -2.14. The SMILES string of the molecule is NC(=S)c1ccnc(NCC2CC2)n1. The van der Waals surface area contributed by atoms with E-state index < -0.39 is 0 Å². The molecule has 0 atom stereocenters. The lowest BCUT2D eigenvalue weighted by molar-refractivity contribution is 0.873. The predicted molar refractivity (Wildman–Crippen MR) is 59.1 cm³/mol. The van der Waals surface area contributed by atoms with Crippen molar-refractivity contribution in [1.82, 2.24) is 9.97 Å². The standard InChI is InChI=1S/C9H12N4S/c10-8(14)7-3-4-11-9(13-7)12-5-6-1-2-6/h3-4,6H,1-2,5H2,(H2,10,14)(H,11,12,13). The summed E-state index contributed by atoms with van der Waals surface area (Å²) in [5, 5.41) is 3.16. The molecule has 0 unspecified atom stereocenters. The lowest BCUT2D eigenvalue weighted by atomic mass is 10.4. The van der Waals surface area contributed by atoms with E-state index in [1.165, 1.54) is 12.8 Å². The monoisotopic (exact) mass is 208 g/mol. The summed E-state index contributed by atoms with van der Waals surface area (Å²) in [7, 11) is 0. The van der Waals surface area contributed by atoms with Crippen molar-refractivity contribution in [3.05, 3.63) is 18.0 Å². The Bertz CT molecular complexity index is 348. The van der Waals surface area contributed by atoms with Crippen LogP contribution in [-0.2, 0) is 0 Å². The highest BCUT2D eigenvalue weighted by Gasteiger charge is 2.20. The van der Waals surface area contributed by atoms with E-state index in [0.29, 0.717) is 16.6 Å². The van der Waals surface area contributed by atoms with Crippen molar-refractivity contribution >= 4 is 23.2 Å². The van der Waals surface area contributed by atoms with E-state index in [2.05, 4.69) is 15.3 Å². The van der Waals surface area contributed by atoms with Gasteiger partial charge in [0.25, 0.3) is 0 Å². The number of hydrogen-bond donors (Lipinski definition) is 2. The molecule has 1 aliphatic carbocycles. The molecule has 3 N–H and O–H groups in total. The van der Waals surface area contributed by atoms with E-state index >= 15 is 0 Å². The number of nitrogens with one attached hydrogen (secondary N) is 1. The van der Waals surface area contributed by atoms with Gasteiger partial charge in [0.2, 0.25) is 5.95 Å². The molecule has 0 aromatic carbocycles. The van der Waals surface area contributed by atoms with Gasteiger partial charge in [-0.3, -0.25) is 0 Å². The zero-order chi connectivity index (χ0) is 9.97. The van der Waals surface area contributed by atoms with Crippen molar-refractivity contribution in [2.24, 2.45) is 11.7 Å². The fraction of sp³-hybridized carbons (Fsp3) is 0.444. The summed E-state index contributed by atoms with van der Waals surface area (Å²) >= 11 is 4.83. The molecule has 14 heavy (non-hydrogen) atoms. The molecule has 1 saturated carbocycles. The Balaban J connectivity index is 2.01. The van der Waals surface area contributed by atoms with E-state index in [1.807, 2.05) is 0 Å². The third kappa shape index (κ3) is 2.38. The van der Waals surface area contributed by atoms with Gasteiger partial charge in [0, 0.05) is 12.7 Å². The van der Waals surface area contributed by atoms with Gasteiger partial charge in [0.05, 0.1) is 0 Å². The second-order valence-electron chi connectivity index (χ2n) is 3.45. The zero-order valence-corrected chi connectivity index (χ0v) is 8.55. The maximum absolute atomic E-state index is 5.46. The number of anilines is 1. The van der Waals surface area contributed by atoms with Crippen molar-refractivity contribution in [3.63, 3.8) is 0 Å². The molecule has 1 aromatic heterocycles. The summed E-state index contributed by atoms with van der Waals surface area (Å²) in [5.41, 5.74) is 6.08. The van der Waals surface area contributed by atoms with Gasteiger partial charge >= 0.3 is 0 Å². The Morgan fingerprint density at radius 2 is 2.43 bits per heavy atom. The number of nitrogens with zero attached hydrogens (tertiary/aromatic N) is 2. The molecular weight excluding hydrogens is 196 g/mol. The third-order valence-corrected chi connectivity index (χ3v) is 2.36. The molecule has 0 radical (unpaired) electrons. The van der Waals surface area contributed by atoms with E-state index in [4.69, 9.17) is 18.0 Å². The summed E-state index contributed by atoms with van der Waals surface area (Å²) in [6.45, 7) is 0.945. The van der Waals surface area contributed by atoms with Crippen LogP contribution in [0.25, 0.3) is 0 Å². The smallest absolute Gasteiger partial charge is 0.223 e. The molecule has 4 nitrogen and oxygen atoms in total. The van der Waals surface area contributed by atoms with E-state index in [0.717, 1.165) is 12.5 Å². The number of rotatable bonds is 4. The van der Waals surface area contributed by atoms with Gasteiger partial charge < -0.3 is 11.1 Å². The fourth-order valence-electron chi connectivity index (χ4n) is 1.14. The molecule has 74 valence electrons. The van der Waals surface area contributed by atoms with Crippen molar-refractivity contribution in [2.75, 3.05) is 11.9 Å². The van der Waals surface area contributed by atoms with Crippen molar-refractivity contribution < 1.29 is 0 Å². The number of hydrogen-bond acceptors (Lipinski definition) is 4. The summed E-state index contributed by atoms with van der Waals surface area (Å²) in [5.74, 6) is 1.41. The zero-order valence-electron chi connectivity index (χ0n) is 7.73. The Morgan fingerprint density at radius 1 is 1.64 bits per heavy atom. The predicted octanol–water partition coefficient (Wildman–Crippen LogP) is 0.933. The van der Waals surface area contributed by atoms with Crippen LogP contribution in [0.2, 0.25) is 0 Å². The van der Waals surface area contributed by atoms with Gasteiger partial charge in [-0.15, -0.1) is 0 Å². The lowest BCUT2D eigenvalue weighted by Gasteiger charge is -2.04. The summed E-state index contributed by atoms with van der Waals surface area (Å²) in [6, 6.07) is 1.71. The molecule has 0 bridgehead atoms. The van der Waals surface area contributed by atoms with Gasteiger partial charge in [-0.05, 0) is 24.8 Å². The highest BCUT2D eigenvalue weighted by atomic mass is 32.1. The van der Waals surface area contributed by atoms with Gasteiger partial charge in [-0.1, -0.05) is 12.2 Å². The number of aromatic nitrogens is 2. The topological polar surface area (TPSA) is 63.8 Å². The molecule has 1 heterocycles. The normalized spacial score (nSPS) is 15.1. The maximum Gasteiger partial charge on any atom is 0.223 e. The molecule has 1 aromatic rings. The van der Waals surface area contributed by atoms with Crippen LogP contribution in [0.3, 0.4) is 0 Å². The van der Waals surface area contributed by atoms with Crippen LogP contribution in [0.4, 0.5) is 5.95 Å². The quantitative estimate of drug-likeness (QED) is 0.721. The summed E-state index contributed by atoms with van der Waals surface area (Å²) in [4.78, 5) is 8.57. The Morgan fingerprint density at radius 3 is 3.07 bits per heavy atom. The van der Waals surface area contributed by atoms with Gasteiger partial charge in [-0.25, -0.2) is 9.97 Å². The Labute approximate surface area is 87.9 Å². The minimum absolute atomic E-state index is 0.307. The molecule has 5 heteroatoms.